The van der Waals surface area contributed by atoms with Crippen LogP contribution in [0.2, 0.25) is 10.0 Å². The molecule has 106 valence electrons. The van der Waals surface area contributed by atoms with Gasteiger partial charge in [0.25, 0.3) is 0 Å². The van der Waals surface area contributed by atoms with Gasteiger partial charge in [0, 0.05) is 19.6 Å². The van der Waals surface area contributed by atoms with Crippen molar-refractivity contribution in [1.29, 1.82) is 0 Å². The van der Waals surface area contributed by atoms with Crippen molar-refractivity contribution in [1.82, 2.24) is 4.90 Å². The van der Waals surface area contributed by atoms with E-state index in [-0.39, 0.29) is 6.42 Å². The first-order chi connectivity index (χ1) is 8.91. The molecule has 0 saturated heterocycles. The van der Waals surface area contributed by atoms with E-state index in [1.54, 1.807) is 6.07 Å². The molecule has 1 aromatic carbocycles. The van der Waals surface area contributed by atoms with Gasteiger partial charge in [0.1, 0.15) is 0 Å². The van der Waals surface area contributed by atoms with E-state index in [1.807, 2.05) is 36.0 Å². The maximum absolute atomic E-state index is 10.7. The zero-order valence-corrected chi connectivity index (χ0v) is 12.6. The van der Waals surface area contributed by atoms with E-state index < -0.39 is 5.97 Å². The Bertz CT molecular complexity index is 439. The second kappa shape index (κ2) is 7.58. The predicted octanol–water partition coefficient (Wildman–Crippen LogP) is 2.84. The number of carboxylic acid groups (broad SMARTS) is 1. The molecule has 0 atom stereocenters. The number of hydrogen-bond acceptors (Lipinski definition) is 3. The van der Waals surface area contributed by atoms with E-state index in [9.17, 15) is 4.79 Å². The van der Waals surface area contributed by atoms with Crippen molar-refractivity contribution in [2.75, 3.05) is 38.6 Å². The SMILES string of the molecule is CN(C)CCN(CCC(=O)O)c1cccc(Cl)c1Cl. The van der Waals surface area contributed by atoms with Crippen LogP contribution in [0.25, 0.3) is 0 Å². The quantitative estimate of drug-likeness (QED) is 0.841. The molecule has 0 unspecified atom stereocenters. The van der Waals surface area contributed by atoms with Crippen molar-refractivity contribution in [3.05, 3.63) is 28.2 Å². The standard InChI is InChI=1S/C13H18Cl2N2O2/c1-16(2)8-9-17(7-6-12(18)19)11-5-3-4-10(14)13(11)15/h3-5H,6-9H2,1-2H3,(H,18,19). The molecule has 19 heavy (non-hydrogen) atoms. The largest absolute Gasteiger partial charge is 0.481 e. The van der Waals surface area contributed by atoms with Crippen LogP contribution < -0.4 is 4.90 Å². The van der Waals surface area contributed by atoms with Crippen LogP contribution in [0.4, 0.5) is 5.69 Å². The third-order valence-corrected chi connectivity index (χ3v) is 3.49. The second-order valence-corrected chi connectivity index (χ2v) is 5.29. The fourth-order valence-electron chi connectivity index (χ4n) is 1.64. The maximum atomic E-state index is 10.7. The molecule has 6 heteroatoms. The van der Waals surface area contributed by atoms with E-state index in [4.69, 9.17) is 28.3 Å². The van der Waals surface area contributed by atoms with Crippen LogP contribution in [-0.4, -0.2) is 49.7 Å². The molecular weight excluding hydrogens is 287 g/mol. The summed E-state index contributed by atoms with van der Waals surface area (Å²) in [5, 5.41) is 9.76. The zero-order valence-electron chi connectivity index (χ0n) is 11.1. The molecule has 0 amide bonds. The third kappa shape index (κ3) is 5.27. The molecule has 1 rings (SSSR count). The number of hydrogen-bond donors (Lipinski definition) is 1. The normalized spacial score (nSPS) is 10.8. The first kappa shape index (κ1) is 16.1. The van der Waals surface area contributed by atoms with Gasteiger partial charge in [-0.05, 0) is 26.2 Å². The number of rotatable bonds is 7. The van der Waals surface area contributed by atoms with E-state index in [1.165, 1.54) is 0 Å². The van der Waals surface area contributed by atoms with Gasteiger partial charge >= 0.3 is 5.97 Å². The van der Waals surface area contributed by atoms with E-state index in [0.717, 1.165) is 12.2 Å². The van der Waals surface area contributed by atoms with Crippen LogP contribution in [0.1, 0.15) is 6.42 Å². The van der Waals surface area contributed by atoms with Crippen molar-refractivity contribution in [2.45, 2.75) is 6.42 Å². The number of carbonyl (C=O) groups is 1. The lowest BCUT2D eigenvalue weighted by Gasteiger charge is -2.27. The fourth-order valence-corrected chi connectivity index (χ4v) is 2.06. The number of anilines is 1. The molecule has 0 aliphatic rings. The number of likely N-dealkylation sites (N-methyl/N-ethyl adjacent to an activating group) is 1. The van der Waals surface area contributed by atoms with Gasteiger partial charge in [0.05, 0.1) is 22.2 Å². The minimum Gasteiger partial charge on any atom is -0.481 e. The topological polar surface area (TPSA) is 43.8 Å². The Morgan fingerprint density at radius 3 is 2.47 bits per heavy atom. The fraction of sp³-hybridized carbons (Fsp3) is 0.462. The average molecular weight is 305 g/mol. The number of nitrogens with zero attached hydrogens (tertiary/aromatic N) is 2. The van der Waals surface area contributed by atoms with E-state index >= 15 is 0 Å². The van der Waals surface area contributed by atoms with Gasteiger partial charge < -0.3 is 14.9 Å². The highest BCUT2D eigenvalue weighted by Gasteiger charge is 2.14. The molecule has 1 N–H and O–H groups in total. The molecule has 0 saturated carbocycles. The van der Waals surface area contributed by atoms with Crippen molar-refractivity contribution in [3.63, 3.8) is 0 Å². The summed E-state index contributed by atoms with van der Waals surface area (Å²) < 4.78 is 0. The molecule has 1 aromatic rings. The lowest BCUT2D eigenvalue weighted by atomic mass is 10.2. The molecule has 0 aliphatic carbocycles. The van der Waals surface area contributed by atoms with E-state index in [2.05, 4.69) is 0 Å². The van der Waals surface area contributed by atoms with Gasteiger partial charge in [-0.25, -0.2) is 0 Å². The Hall–Kier alpha value is -0.970. The molecular formula is C13H18Cl2N2O2. The van der Waals surface area contributed by atoms with Gasteiger partial charge in [-0.15, -0.1) is 0 Å². The first-order valence-corrected chi connectivity index (χ1v) is 6.73. The molecule has 0 aliphatic heterocycles. The Labute approximate surface area is 123 Å². The van der Waals surface area contributed by atoms with Crippen LogP contribution in [0.15, 0.2) is 18.2 Å². The van der Waals surface area contributed by atoms with Crippen LogP contribution >= 0.6 is 23.2 Å². The van der Waals surface area contributed by atoms with Crippen molar-refractivity contribution in [2.24, 2.45) is 0 Å². The monoisotopic (exact) mass is 304 g/mol. The Morgan fingerprint density at radius 1 is 1.21 bits per heavy atom. The lowest BCUT2D eigenvalue weighted by Crippen LogP contribution is -2.33. The van der Waals surface area contributed by atoms with Crippen LogP contribution in [-0.2, 0) is 4.79 Å². The number of halogens is 2. The minimum atomic E-state index is -0.826. The van der Waals surface area contributed by atoms with Gasteiger partial charge in [-0.3, -0.25) is 4.79 Å². The molecule has 0 bridgehead atoms. The van der Waals surface area contributed by atoms with Gasteiger partial charge in [0.15, 0.2) is 0 Å². The lowest BCUT2D eigenvalue weighted by molar-refractivity contribution is -0.136. The van der Waals surface area contributed by atoms with Crippen LogP contribution in [0.3, 0.4) is 0 Å². The number of aliphatic carboxylic acids is 1. The summed E-state index contributed by atoms with van der Waals surface area (Å²) in [6, 6.07) is 5.38. The predicted molar refractivity (Wildman–Crippen MR) is 79.5 cm³/mol. The highest BCUT2D eigenvalue weighted by atomic mass is 35.5. The number of carboxylic acids is 1. The summed E-state index contributed by atoms with van der Waals surface area (Å²) in [4.78, 5) is 14.7. The van der Waals surface area contributed by atoms with Gasteiger partial charge in [-0.1, -0.05) is 29.3 Å². The van der Waals surface area contributed by atoms with Crippen molar-refractivity contribution < 1.29 is 9.90 Å². The molecule has 0 fully saturated rings. The van der Waals surface area contributed by atoms with Crippen LogP contribution in [0.5, 0.6) is 0 Å². The smallest absolute Gasteiger partial charge is 0.305 e. The maximum Gasteiger partial charge on any atom is 0.305 e. The van der Waals surface area contributed by atoms with Crippen LogP contribution in [0, 0.1) is 0 Å². The molecule has 0 radical (unpaired) electrons. The molecule has 0 heterocycles. The summed E-state index contributed by atoms with van der Waals surface area (Å²) in [7, 11) is 3.93. The average Bonchev–Trinajstić information content (AvgIpc) is 2.33. The second-order valence-electron chi connectivity index (χ2n) is 4.51. The minimum absolute atomic E-state index is 0.0657. The molecule has 4 nitrogen and oxygen atoms in total. The molecule has 0 spiro atoms. The van der Waals surface area contributed by atoms with Gasteiger partial charge in [0.2, 0.25) is 0 Å². The zero-order chi connectivity index (χ0) is 14.4. The molecule has 0 aromatic heterocycles. The Kier molecular flexibility index (Phi) is 6.42. The summed E-state index contributed by atoms with van der Waals surface area (Å²) in [6.07, 6.45) is 0.0657. The number of benzene rings is 1. The van der Waals surface area contributed by atoms with E-state index in [0.29, 0.717) is 23.1 Å². The Balaban J connectivity index is 2.87. The summed E-state index contributed by atoms with van der Waals surface area (Å²) in [6.45, 7) is 1.91. The van der Waals surface area contributed by atoms with Gasteiger partial charge in [-0.2, -0.15) is 0 Å². The third-order valence-electron chi connectivity index (χ3n) is 2.68. The summed E-state index contributed by atoms with van der Waals surface area (Å²) >= 11 is 12.2. The highest BCUT2D eigenvalue weighted by Crippen LogP contribution is 2.32. The summed E-state index contributed by atoms with van der Waals surface area (Å²) in [5.41, 5.74) is 0.775. The highest BCUT2D eigenvalue weighted by molar-refractivity contribution is 6.43. The van der Waals surface area contributed by atoms with Crippen molar-refractivity contribution in [3.8, 4) is 0 Å². The Morgan fingerprint density at radius 2 is 1.89 bits per heavy atom. The van der Waals surface area contributed by atoms with Crippen molar-refractivity contribution >= 4 is 34.9 Å². The summed E-state index contributed by atoms with van der Waals surface area (Å²) in [5.74, 6) is -0.826. The first-order valence-electron chi connectivity index (χ1n) is 5.97.